The van der Waals surface area contributed by atoms with Gasteiger partial charge in [0.1, 0.15) is 0 Å². The fourth-order valence-corrected chi connectivity index (χ4v) is 5.26. The lowest BCUT2D eigenvalue weighted by atomic mass is 10.1. The molecular weight excluding hydrogens is 582 g/mol. The number of carbonyl (C=O) groups is 1. The Morgan fingerprint density at radius 1 is 0.622 bits per heavy atom. The van der Waals surface area contributed by atoms with Gasteiger partial charge in [0.15, 0.2) is 0 Å². The number of hydrogen-bond donors (Lipinski definition) is 3. The summed E-state index contributed by atoms with van der Waals surface area (Å²) >= 11 is 0. The van der Waals surface area contributed by atoms with Crippen molar-refractivity contribution in [1.82, 2.24) is 5.32 Å². The summed E-state index contributed by atoms with van der Waals surface area (Å²) in [6.45, 7) is 4.36. The van der Waals surface area contributed by atoms with Crippen molar-refractivity contribution in [3.05, 3.63) is 85.1 Å². The molecule has 0 heterocycles. The summed E-state index contributed by atoms with van der Waals surface area (Å²) < 4.78 is 32.3. The number of nitrogens with one attached hydrogen (secondary N) is 1. The minimum absolute atomic E-state index is 0.166. The highest BCUT2D eigenvalue weighted by Crippen LogP contribution is 2.11. The molecule has 7 heteroatoms. The van der Waals surface area contributed by atoms with Crippen molar-refractivity contribution < 1.29 is 22.9 Å². The normalized spacial score (nSPS) is 14.5. The van der Waals surface area contributed by atoms with Gasteiger partial charge in [0.2, 0.25) is 5.91 Å². The van der Waals surface area contributed by atoms with Gasteiger partial charge in [-0.15, -0.1) is 0 Å². The van der Waals surface area contributed by atoms with Gasteiger partial charge in [0.05, 0.1) is 17.9 Å². The average molecular weight is 646 g/mol. The number of rotatable bonds is 29. The third-order valence-corrected chi connectivity index (χ3v) is 7.87. The second kappa shape index (κ2) is 31.5. The van der Waals surface area contributed by atoms with Crippen LogP contribution < -0.4 is 5.32 Å². The minimum atomic E-state index is -4.37. The maximum Gasteiger partial charge on any atom is 0.267 e. The van der Waals surface area contributed by atoms with Crippen LogP contribution in [0.1, 0.15) is 129 Å². The second-order valence-corrected chi connectivity index (χ2v) is 12.9. The molecule has 0 fully saturated rings. The van der Waals surface area contributed by atoms with E-state index in [0.717, 1.165) is 57.8 Å². The minimum Gasteiger partial charge on any atom is -0.387 e. The zero-order chi connectivity index (χ0) is 33.3. The zero-order valence-electron chi connectivity index (χ0n) is 28.2. The summed E-state index contributed by atoms with van der Waals surface area (Å²) in [5.74, 6) is -1.10. The average Bonchev–Trinajstić information content (AvgIpc) is 3.00. The standard InChI is InChI=1S/C38H63NO5S/c1-3-5-7-9-11-13-15-16-17-18-19-20-21-22-24-26-28-30-32-34-38(41)39-36(35-45(42,43)44)37(40)33-31-29-27-25-23-14-12-10-8-6-4-2/h5,7,11,13,16-17,19-20,22,24,28,30-31,33,36-37,40H,3-4,6,8-10,12,14-15,18,21,23,25-27,29,32,34-35H2,1-2H3,(H,39,41)(H,42,43,44)/b7-5-,13-11-,17-16-,20-19-,24-22-,30-28-,33-31+. The zero-order valence-corrected chi connectivity index (χ0v) is 29.0. The van der Waals surface area contributed by atoms with Crippen LogP contribution in [0.3, 0.4) is 0 Å². The fourth-order valence-electron chi connectivity index (χ4n) is 4.53. The molecule has 45 heavy (non-hydrogen) atoms. The number of aliphatic hydroxyl groups is 1. The van der Waals surface area contributed by atoms with Gasteiger partial charge in [-0.1, -0.05) is 150 Å². The van der Waals surface area contributed by atoms with E-state index in [9.17, 15) is 22.9 Å². The molecular formula is C38H63NO5S. The van der Waals surface area contributed by atoms with Crippen LogP contribution in [0.25, 0.3) is 0 Å². The first kappa shape index (κ1) is 42.5. The smallest absolute Gasteiger partial charge is 0.267 e. The Bertz CT molecular complexity index is 1020. The molecule has 1 amide bonds. The van der Waals surface area contributed by atoms with Gasteiger partial charge in [-0.3, -0.25) is 9.35 Å². The van der Waals surface area contributed by atoms with E-state index in [1.54, 1.807) is 0 Å². The van der Waals surface area contributed by atoms with Crippen LogP contribution in [0, 0.1) is 0 Å². The van der Waals surface area contributed by atoms with Gasteiger partial charge in [-0.05, 0) is 57.8 Å². The first-order valence-electron chi connectivity index (χ1n) is 17.3. The van der Waals surface area contributed by atoms with Crippen molar-refractivity contribution in [1.29, 1.82) is 0 Å². The Balaban J connectivity index is 4.20. The summed E-state index contributed by atoms with van der Waals surface area (Å²) in [6, 6.07) is -1.10. The van der Waals surface area contributed by atoms with Crippen LogP contribution >= 0.6 is 0 Å². The summed E-state index contributed by atoms with van der Waals surface area (Å²) in [6.07, 6.45) is 45.7. The van der Waals surface area contributed by atoms with Crippen molar-refractivity contribution in [2.24, 2.45) is 0 Å². The molecule has 0 bridgehead atoms. The van der Waals surface area contributed by atoms with Gasteiger partial charge >= 0.3 is 0 Å². The third-order valence-electron chi connectivity index (χ3n) is 7.09. The van der Waals surface area contributed by atoms with Gasteiger partial charge in [-0.2, -0.15) is 8.42 Å². The molecule has 256 valence electrons. The molecule has 0 saturated carbocycles. The van der Waals surface area contributed by atoms with Gasteiger partial charge in [-0.25, -0.2) is 0 Å². The van der Waals surface area contributed by atoms with Crippen LogP contribution in [-0.4, -0.2) is 41.9 Å². The first-order valence-corrected chi connectivity index (χ1v) is 18.9. The van der Waals surface area contributed by atoms with Crippen molar-refractivity contribution in [2.75, 3.05) is 5.75 Å². The predicted octanol–water partition coefficient (Wildman–Crippen LogP) is 9.67. The summed E-state index contributed by atoms with van der Waals surface area (Å²) in [5.41, 5.74) is 0. The highest BCUT2D eigenvalue weighted by molar-refractivity contribution is 7.85. The van der Waals surface area contributed by atoms with E-state index in [0.29, 0.717) is 6.42 Å². The number of carbonyl (C=O) groups excluding carboxylic acids is 1. The van der Waals surface area contributed by atoms with Crippen LogP contribution in [0.4, 0.5) is 0 Å². The Hall–Kier alpha value is -2.48. The van der Waals surface area contributed by atoms with Crippen LogP contribution in [0.2, 0.25) is 0 Å². The molecule has 0 aromatic heterocycles. The quantitative estimate of drug-likeness (QED) is 0.0427. The Morgan fingerprint density at radius 2 is 1.07 bits per heavy atom. The van der Waals surface area contributed by atoms with E-state index in [1.807, 2.05) is 18.2 Å². The van der Waals surface area contributed by atoms with Gasteiger partial charge in [0.25, 0.3) is 10.1 Å². The largest absolute Gasteiger partial charge is 0.387 e. The number of hydrogen-bond acceptors (Lipinski definition) is 4. The van der Waals surface area contributed by atoms with Crippen LogP contribution in [-0.2, 0) is 14.9 Å². The molecule has 6 nitrogen and oxygen atoms in total. The Kier molecular flexibility index (Phi) is 29.8. The molecule has 0 spiro atoms. The van der Waals surface area contributed by atoms with Crippen molar-refractivity contribution in [2.45, 2.75) is 142 Å². The topological polar surface area (TPSA) is 104 Å². The molecule has 0 aromatic carbocycles. The van der Waals surface area contributed by atoms with Crippen molar-refractivity contribution >= 4 is 16.0 Å². The van der Waals surface area contributed by atoms with Crippen molar-refractivity contribution in [3.63, 3.8) is 0 Å². The Morgan fingerprint density at radius 3 is 1.53 bits per heavy atom. The highest BCUT2D eigenvalue weighted by atomic mass is 32.2. The maximum absolute atomic E-state index is 12.4. The monoisotopic (exact) mass is 645 g/mol. The molecule has 0 rings (SSSR count). The number of amides is 1. The van der Waals surface area contributed by atoms with E-state index >= 15 is 0 Å². The van der Waals surface area contributed by atoms with Crippen LogP contribution in [0.15, 0.2) is 85.1 Å². The van der Waals surface area contributed by atoms with E-state index in [2.05, 4.69) is 79.9 Å². The van der Waals surface area contributed by atoms with Crippen LogP contribution in [0.5, 0.6) is 0 Å². The molecule has 0 aromatic rings. The molecule has 2 atom stereocenters. The lowest BCUT2D eigenvalue weighted by Crippen LogP contribution is -2.46. The van der Waals surface area contributed by atoms with Crippen molar-refractivity contribution in [3.8, 4) is 0 Å². The van der Waals surface area contributed by atoms with Gasteiger partial charge in [0, 0.05) is 6.42 Å². The van der Waals surface area contributed by atoms with E-state index in [4.69, 9.17) is 0 Å². The molecule has 0 saturated heterocycles. The lowest BCUT2D eigenvalue weighted by Gasteiger charge is -2.20. The number of aliphatic hydroxyl groups excluding tert-OH is 1. The molecule has 0 aliphatic heterocycles. The lowest BCUT2D eigenvalue weighted by molar-refractivity contribution is -0.122. The van der Waals surface area contributed by atoms with E-state index in [1.165, 1.54) is 51.0 Å². The maximum atomic E-state index is 12.4. The van der Waals surface area contributed by atoms with E-state index in [-0.39, 0.29) is 12.3 Å². The number of allylic oxidation sites excluding steroid dienone is 13. The molecule has 3 N–H and O–H groups in total. The highest BCUT2D eigenvalue weighted by Gasteiger charge is 2.24. The Labute approximate surface area is 276 Å². The molecule has 0 aliphatic rings. The molecule has 0 aliphatic carbocycles. The second-order valence-electron chi connectivity index (χ2n) is 11.4. The van der Waals surface area contributed by atoms with E-state index < -0.39 is 28.0 Å². The predicted molar refractivity (Wildman–Crippen MR) is 193 cm³/mol. The fraction of sp³-hybridized carbons (Fsp3) is 0.605. The van der Waals surface area contributed by atoms with Gasteiger partial charge < -0.3 is 10.4 Å². The molecule has 0 radical (unpaired) electrons. The summed E-state index contributed by atoms with van der Waals surface area (Å²) in [5, 5.41) is 13.1. The summed E-state index contributed by atoms with van der Waals surface area (Å²) in [7, 11) is -4.37. The number of unbranched alkanes of at least 4 members (excludes halogenated alkanes) is 9. The molecule has 2 unspecified atom stereocenters. The SMILES string of the molecule is CC/C=C\C/C=C\C/C=C\C/C=C\C/C=C\C/C=C\CCC(=O)NC(CS(=O)(=O)O)C(O)/C=C/CCCCCCCCCCC. The summed E-state index contributed by atoms with van der Waals surface area (Å²) in [4.78, 5) is 12.4. The third kappa shape index (κ3) is 32.7. The first-order chi connectivity index (χ1) is 21.8.